The molecule has 1 nitrogen and oxygen atoms in total. The number of allylic oxidation sites excluding steroid dienone is 2. The van der Waals surface area contributed by atoms with Crippen LogP contribution in [-0.2, 0) is 0 Å². The van der Waals surface area contributed by atoms with E-state index in [2.05, 4.69) is 97.8 Å². The van der Waals surface area contributed by atoms with Gasteiger partial charge in [-0.1, -0.05) is 47.6 Å². The predicted molar refractivity (Wildman–Crippen MR) is 126 cm³/mol. The third kappa shape index (κ3) is 9.63. The molecule has 0 bridgehead atoms. The summed E-state index contributed by atoms with van der Waals surface area (Å²) in [6.45, 7) is 15.1. The molecule has 0 aliphatic carbocycles. The van der Waals surface area contributed by atoms with E-state index in [-0.39, 0.29) is 16.6 Å². The van der Waals surface area contributed by atoms with Crippen LogP contribution in [0, 0.1) is 10.8 Å². The second kappa shape index (κ2) is 9.81. The number of thiophene rings is 2. The van der Waals surface area contributed by atoms with Crippen LogP contribution in [0.3, 0.4) is 0 Å². The number of hydrogen-bond acceptors (Lipinski definition) is 3. The first-order valence-corrected chi connectivity index (χ1v) is 11.8. The molecule has 2 heterocycles. The number of ketones is 1. The van der Waals surface area contributed by atoms with Gasteiger partial charge in [-0.15, -0.1) is 22.7 Å². The molecule has 0 amide bonds. The van der Waals surface area contributed by atoms with Crippen molar-refractivity contribution >= 4 is 65.9 Å². The van der Waals surface area contributed by atoms with E-state index in [1.165, 1.54) is 26.3 Å². The molecule has 26 heavy (non-hydrogen) atoms. The van der Waals surface area contributed by atoms with Gasteiger partial charge in [-0.3, -0.25) is 4.79 Å². The van der Waals surface area contributed by atoms with E-state index in [0.29, 0.717) is 6.42 Å². The summed E-state index contributed by atoms with van der Waals surface area (Å²) in [6.07, 6.45) is 2.92. The maximum Gasteiger partial charge on any atom is 0.173 e. The Morgan fingerprint density at radius 2 is 1.42 bits per heavy atom. The highest BCUT2D eigenvalue weighted by Gasteiger charge is 2.18. The van der Waals surface area contributed by atoms with Gasteiger partial charge in [0.1, 0.15) is 0 Å². The maximum atomic E-state index is 11.7. The molecular formula is C21H28Br2OS2. The molecule has 0 N–H and O–H groups in total. The van der Waals surface area contributed by atoms with Crippen molar-refractivity contribution in [2.45, 2.75) is 54.9 Å². The minimum absolute atomic E-state index is 0.0769. The Bertz CT molecular complexity index is 756. The summed E-state index contributed by atoms with van der Waals surface area (Å²) in [7, 11) is 0. The lowest BCUT2D eigenvalue weighted by molar-refractivity contribution is 0.0944. The SMILES string of the molecule is C/C(=C\C(C)(C)C)c1cc(Br)cs1.CC(C)(C)CC(=O)c1cc(Br)cs1. The normalized spacial score (nSPS) is 12.6. The van der Waals surface area contributed by atoms with Crippen LogP contribution in [0.15, 0.2) is 37.9 Å². The topological polar surface area (TPSA) is 17.1 Å². The molecule has 0 aliphatic rings. The highest BCUT2D eigenvalue weighted by molar-refractivity contribution is 9.10. The Morgan fingerprint density at radius 3 is 1.77 bits per heavy atom. The highest BCUT2D eigenvalue weighted by Crippen LogP contribution is 2.29. The first kappa shape index (κ1) is 23.8. The van der Waals surface area contributed by atoms with E-state index in [4.69, 9.17) is 0 Å². The fraction of sp³-hybridized carbons (Fsp3) is 0.476. The molecule has 0 saturated heterocycles. The highest BCUT2D eigenvalue weighted by atomic mass is 79.9. The summed E-state index contributed by atoms with van der Waals surface area (Å²) in [5.74, 6) is 0.239. The fourth-order valence-electron chi connectivity index (χ4n) is 2.27. The summed E-state index contributed by atoms with van der Waals surface area (Å²) in [5, 5.41) is 4.06. The molecule has 0 unspecified atom stereocenters. The third-order valence-electron chi connectivity index (χ3n) is 3.14. The summed E-state index contributed by atoms with van der Waals surface area (Å²) < 4.78 is 2.17. The Morgan fingerprint density at radius 1 is 0.962 bits per heavy atom. The number of rotatable bonds is 3. The number of carbonyl (C=O) groups is 1. The zero-order valence-corrected chi connectivity index (χ0v) is 21.4. The van der Waals surface area contributed by atoms with Gasteiger partial charge in [-0.05, 0) is 67.3 Å². The molecule has 0 atom stereocenters. The Labute approximate surface area is 183 Å². The van der Waals surface area contributed by atoms with Crippen LogP contribution in [0.25, 0.3) is 5.57 Å². The van der Waals surface area contributed by atoms with E-state index >= 15 is 0 Å². The van der Waals surface area contributed by atoms with Crippen molar-refractivity contribution in [3.8, 4) is 0 Å². The Kier molecular flexibility index (Phi) is 8.98. The lowest BCUT2D eigenvalue weighted by Crippen LogP contribution is -2.11. The average molecular weight is 520 g/mol. The third-order valence-corrected chi connectivity index (χ3v) is 6.70. The molecule has 0 aromatic carbocycles. The largest absolute Gasteiger partial charge is 0.293 e. The quantitative estimate of drug-likeness (QED) is 0.369. The zero-order valence-electron chi connectivity index (χ0n) is 16.6. The smallest absolute Gasteiger partial charge is 0.173 e. The maximum absolute atomic E-state index is 11.7. The zero-order chi connectivity index (χ0) is 20.1. The summed E-state index contributed by atoms with van der Waals surface area (Å²) >= 11 is 10.1. The van der Waals surface area contributed by atoms with Crippen LogP contribution in [0.4, 0.5) is 0 Å². The van der Waals surface area contributed by atoms with Gasteiger partial charge in [-0.2, -0.15) is 0 Å². The van der Waals surface area contributed by atoms with Gasteiger partial charge in [0.25, 0.3) is 0 Å². The number of hydrogen-bond donors (Lipinski definition) is 0. The van der Waals surface area contributed by atoms with Gasteiger partial charge in [0, 0.05) is 31.0 Å². The first-order valence-electron chi connectivity index (χ1n) is 8.48. The summed E-state index contributed by atoms with van der Waals surface area (Å²) in [4.78, 5) is 13.9. The second-order valence-electron chi connectivity index (χ2n) is 8.61. The minimum Gasteiger partial charge on any atom is -0.293 e. The van der Waals surface area contributed by atoms with Crippen molar-refractivity contribution in [1.29, 1.82) is 0 Å². The van der Waals surface area contributed by atoms with Gasteiger partial charge in [0.15, 0.2) is 5.78 Å². The Hall–Kier alpha value is -0.230. The summed E-state index contributed by atoms with van der Waals surface area (Å²) in [6, 6.07) is 4.06. The summed E-state index contributed by atoms with van der Waals surface area (Å²) in [5.41, 5.74) is 1.71. The first-order chi connectivity index (χ1) is 11.8. The van der Waals surface area contributed by atoms with Gasteiger partial charge in [0.05, 0.1) is 4.88 Å². The monoisotopic (exact) mass is 518 g/mol. The van der Waals surface area contributed by atoms with Crippen molar-refractivity contribution in [3.63, 3.8) is 0 Å². The van der Waals surface area contributed by atoms with Gasteiger partial charge in [-0.25, -0.2) is 0 Å². The molecule has 0 fully saturated rings. The van der Waals surface area contributed by atoms with Crippen LogP contribution >= 0.6 is 54.5 Å². The van der Waals surface area contributed by atoms with Crippen LogP contribution in [0.5, 0.6) is 0 Å². The van der Waals surface area contributed by atoms with Gasteiger partial charge >= 0.3 is 0 Å². The minimum atomic E-state index is 0.0769. The molecule has 5 heteroatoms. The number of Topliss-reactive ketones (excluding diaryl/α,β-unsaturated/α-hetero) is 1. The molecule has 0 radical (unpaired) electrons. The van der Waals surface area contributed by atoms with Crippen molar-refractivity contribution in [2.75, 3.05) is 0 Å². The lowest BCUT2D eigenvalue weighted by Gasteiger charge is -2.15. The van der Waals surface area contributed by atoms with Crippen LogP contribution < -0.4 is 0 Å². The van der Waals surface area contributed by atoms with Gasteiger partial charge in [0.2, 0.25) is 0 Å². The van der Waals surface area contributed by atoms with E-state index in [1.54, 1.807) is 11.3 Å². The fourth-order valence-corrected chi connectivity index (χ4v) is 5.04. The molecule has 0 aliphatic heterocycles. The van der Waals surface area contributed by atoms with Crippen molar-refractivity contribution in [1.82, 2.24) is 0 Å². The molecule has 0 spiro atoms. The van der Waals surface area contributed by atoms with E-state index < -0.39 is 0 Å². The van der Waals surface area contributed by atoms with Crippen LogP contribution in [-0.4, -0.2) is 5.78 Å². The second-order valence-corrected chi connectivity index (χ2v) is 12.3. The van der Waals surface area contributed by atoms with Crippen LogP contribution in [0.1, 0.15) is 69.4 Å². The van der Waals surface area contributed by atoms with Crippen LogP contribution in [0.2, 0.25) is 0 Å². The number of halogens is 2. The standard InChI is InChI=1S/C11H15BrS.C10H13BrOS/c1-8(6-11(2,3)4)10-5-9(12)7-13-10;1-10(2,3)5-8(12)9-4-7(11)6-13-9/h5-7H,1-4H3;4,6H,5H2,1-3H3/b8-6+;. The van der Waals surface area contributed by atoms with E-state index in [9.17, 15) is 4.79 Å². The molecule has 0 saturated carbocycles. The van der Waals surface area contributed by atoms with Crippen molar-refractivity contribution in [2.24, 2.45) is 10.8 Å². The average Bonchev–Trinajstić information content (AvgIpc) is 3.04. The molecule has 2 aromatic heterocycles. The lowest BCUT2D eigenvalue weighted by atomic mass is 9.90. The molecular weight excluding hydrogens is 492 g/mol. The van der Waals surface area contributed by atoms with Crippen molar-refractivity contribution < 1.29 is 4.79 Å². The van der Waals surface area contributed by atoms with Crippen molar-refractivity contribution in [3.05, 3.63) is 47.7 Å². The molecule has 2 aromatic rings. The van der Waals surface area contributed by atoms with E-state index in [0.717, 1.165) is 9.35 Å². The van der Waals surface area contributed by atoms with E-state index in [1.807, 2.05) is 11.4 Å². The number of carbonyl (C=O) groups excluding carboxylic acids is 1. The van der Waals surface area contributed by atoms with Gasteiger partial charge < -0.3 is 0 Å². The molecule has 2 rings (SSSR count). The molecule has 144 valence electrons. The Balaban J connectivity index is 0.000000260. The predicted octanol–water partition coefficient (Wildman–Crippen LogP) is 9.09.